The lowest BCUT2D eigenvalue weighted by Crippen LogP contribution is -2.00. The van der Waals surface area contributed by atoms with Crippen molar-refractivity contribution in [3.63, 3.8) is 0 Å². The van der Waals surface area contributed by atoms with Crippen LogP contribution in [-0.2, 0) is 0 Å². The normalized spacial score (nSPS) is 10.9. The molecule has 5 nitrogen and oxygen atoms in total. The molecule has 118 valence electrons. The molecule has 0 spiro atoms. The summed E-state index contributed by atoms with van der Waals surface area (Å²) in [5.41, 5.74) is 7.71. The molecule has 0 fully saturated rings. The maximum absolute atomic E-state index is 12.9. The number of imidazole rings is 1. The van der Waals surface area contributed by atoms with E-state index in [1.165, 1.54) is 12.1 Å². The number of nitrogens with two attached hydrogens (primary N) is 1. The van der Waals surface area contributed by atoms with E-state index in [-0.39, 0.29) is 5.82 Å². The van der Waals surface area contributed by atoms with Crippen LogP contribution in [0.3, 0.4) is 0 Å². The Morgan fingerprint density at radius 1 is 0.875 bits per heavy atom. The van der Waals surface area contributed by atoms with Crippen LogP contribution in [0.25, 0.3) is 16.9 Å². The quantitative estimate of drug-likeness (QED) is 0.621. The van der Waals surface area contributed by atoms with Crippen LogP contribution in [0, 0.1) is 5.82 Å². The summed E-state index contributed by atoms with van der Waals surface area (Å²) in [5.74, 6) is 2.02. The van der Waals surface area contributed by atoms with Crippen LogP contribution in [0.1, 0.15) is 0 Å². The Labute approximate surface area is 137 Å². The minimum absolute atomic E-state index is 0.296. The first-order chi connectivity index (χ1) is 11.7. The number of ether oxygens (including phenoxy) is 1. The number of halogens is 1. The van der Waals surface area contributed by atoms with Gasteiger partial charge in [-0.25, -0.2) is 14.4 Å². The van der Waals surface area contributed by atoms with Crippen molar-refractivity contribution in [1.82, 2.24) is 14.4 Å². The van der Waals surface area contributed by atoms with Crippen LogP contribution in [-0.4, -0.2) is 14.4 Å². The summed E-state index contributed by atoms with van der Waals surface area (Å²) < 4.78 is 20.4. The minimum atomic E-state index is -0.296. The van der Waals surface area contributed by atoms with Crippen LogP contribution in [0.4, 0.5) is 10.3 Å². The maximum atomic E-state index is 12.9. The molecule has 0 unspecified atom stereocenters. The lowest BCUT2D eigenvalue weighted by atomic mass is 10.2. The van der Waals surface area contributed by atoms with Gasteiger partial charge >= 0.3 is 0 Å². The topological polar surface area (TPSA) is 65.4 Å². The van der Waals surface area contributed by atoms with Crippen LogP contribution in [0.2, 0.25) is 0 Å². The number of benzene rings is 2. The molecule has 0 saturated carbocycles. The van der Waals surface area contributed by atoms with Crippen LogP contribution in [0.5, 0.6) is 11.5 Å². The fourth-order valence-corrected chi connectivity index (χ4v) is 2.49. The zero-order valence-electron chi connectivity index (χ0n) is 12.6. The van der Waals surface area contributed by atoms with Crippen molar-refractivity contribution in [1.29, 1.82) is 0 Å². The molecule has 2 aromatic carbocycles. The van der Waals surface area contributed by atoms with E-state index in [0.29, 0.717) is 23.3 Å². The average Bonchev–Trinajstić information content (AvgIpc) is 3.03. The van der Waals surface area contributed by atoms with Gasteiger partial charge < -0.3 is 10.5 Å². The van der Waals surface area contributed by atoms with E-state index in [0.717, 1.165) is 11.1 Å². The maximum Gasteiger partial charge on any atom is 0.206 e. The molecule has 0 atom stereocenters. The zero-order valence-corrected chi connectivity index (χ0v) is 12.6. The van der Waals surface area contributed by atoms with Crippen molar-refractivity contribution in [2.45, 2.75) is 0 Å². The van der Waals surface area contributed by atoms with Crippen molar-refractivity contribution in [3.8, 4) is 22.9 Å². The second-order valence-electron chi connectivity index (χ2n) is 5.23. The van der Waals surface area contributed by atoms with Gasteiger partial charge in [-0.2, -0.15) is 0 Å². The highest BCUT2D eigenvalue weighted by Crippen LogP contribution is 2.26. The number of hydrogen-bond acceptors (Lipinski definition) is 4. The van der Waals surface area contributed by atoms with Crippen molar-refractivity contribution in [2.75, 3.05) is 5.73 Å². The molecule has 0 aliphatic rings. The Morgan fingerprint density at radius 2 is 1.54 bits per heavy atom. The van der Waals surface area contributed by atoms with E-state index in [2.05, 4.69) is 9.97 Å². The van der Waals surface area contributed by atoms with Crippen molar-refractivity contribution in [3.05, 3.63) is 72.8 Å². The van der Waals surface area contributed by atoms with Gasteiger partial charge in [-0.05, 0) is 54.6 Å². The number of anilines is 1. The SMILES string of the molecule is Nc1nccc2cnc(-c3ccc(Oc4ccc(F)cc4)cc3)n12. The van der Waals surface area contributed by atoms with E-state index in [9.17, 15) is 4.39 Å². The van der Waals surface area contributed by atoms with Crippen LogP contribution in [0.15, 0.2) is 67.0 Å². The summed E-state index contributed by atoms with van der Waals surface area (Å²) in [6.07, 6.45) is 3.39. The smallest absolute Gasteiger partial charge is 0.206 e. The molecule has 6 heteroatoms. The largest absolute Gasteiger partial charge is 0.457 e. The molecule has 0 aliphatic heterocycles. The van der Waals surface area contributed by atoms with Gasteiger partial charge in [0.25, 0.3) is 0 Å². The van der Waals surface area contributed by atoms with Gasteiger partial charge in [0, 0.05) is 11.8 Å². The van der Waals surface area contributed by atoms with Crippen molar-refractivity contribution in [2.24, 2.45) is 0 Å². The van der Waals surface area contributed by atoms with Gasteiger partial charge in [0.15, 0.2) is 0 Å². The van der Waals surface area contributed by atoms with Gasteiger partial charge in [0.05, 0.1) is 11.7 Å². The third-order valence-electron chi connectivity index (χ3n) is 3.63. The first-order valence-electron chi connectivity index (χ1n) is 7.32. The number of aromatic nitrogens is 3. The highest BCUT2D eigenvalue weighted by molar-refractivity contribution is 5.65. The molecule has 4 aromatic rings. The molecule has 24 heavy (non-hydrogen) atoms. The van der Waals surface area contributed by atoms with Gasteiger partial charge in [-0.1, -0.05) is 0 Å². The molecule has 0 aliphatic carbocycles. The lowest BCUT2D eigenvalue weighted by Gasteiger charge is -2.07. The molecule has 2 heterocycles. The molecule has 0 amide bonds. The lowest BCUT2D eigenvalue weighted by molar-refractivity contribution is 0.480. The molecule has 2 N–H and O–H groups in total. The number of hydrogen-bond donors (Lipinski definition) is 1. The van der Waals surface area contributed by atoms with E-state index in [1.54, 1.807) is 28.9 Å². The third-order valence-corrected chi connectivity index (χ3v) is 3.63. The Bertz CT molecular complexity index is 994. The molecule has 4 rings (SSSR count). The predicted octanol–water partition coefficient (Wildman–Crippen LogP) is 3.91. The first kappa shape index (κ1) is 14.2. The van der Waals surface area contributed by atoms with E-state index in [1.807, 2.05) is 30.3 Å². The summed E-state index contributed by atoms with van der Waals surface area (Å²) in [7, 11) is 0. The average molecular weight is 320 g/mol. The standard InChI is InChI=1S/C18H13FN4O/c19-13-3-7-16(8-4-13)24-15-5-1-12(2-6-15)17-22-11-14-9-10-21-18(20)23(14)17/h1-11H,(H2,20,21). The molecule has 0 radical (unpaired) electrons. The molecular formula is C18H13FN4O. The Kier molecular flexibility index (Phi) is 3.35. The Morgan fingerprint density at radius 3 is 2.25 bits per heavy atom. The molecule has 0 saturated heterocycles. The number of nitrogen functional groups attached to an aromatic ring is 1. The van der Waals surface area contributed by atoms with Gasteiger partial charge in [0.1, 0.15) is 23.1 Å². The zero-order chi connectivity index (χ0) is 16.5. The monoisotopic (exact) mass is 320 g/mol. The van der Waals surface area contributed by atoms with Gasteiger partial charge in [-0.15, -0.1) is 0 Å². The minimum Gasteiger partial charge on any atom is -0.457 e. The van der Waals surface area contributed by atoms with Crippen LogP contribution >= 0.6 is 0 Å². The predicted molar refractivity (Wildman–Crippen MR) is 89.3 cm³/mol. The second-order valence-corrected chi connectivity index (χ2v) is 5.23. The number of nitrogens with zero attached hydrogens (tertiary/aromatic N) is 3. The Hall–Kier alpha value is -3.41. The van der Waals surface area contributed by atoms with Crippen LogP contribution < -0.4 is 10.5 Å². The van der Waals surface area contributed by atoms with E-state index >= 15 is 0 Å². The van der Waals surface area contributed by atoms with Crippen molar-refractivity contribution < 1.29 is 9.13 Å². The van der Waals surface area contributed by atoms with E-state index < -0.39 is 0 Å². The highest BCUT2D eigenvalue weighted by atomic mass is 19.1. The summed E-state index contributed by atoms with van der Waals surface area (Å²) in [6, 6.07) is 15.2. The highest BCUT2D eigenvalue weighted by Gasteiger charge is 2.09. The summed E-state index contributed by atoms with van der Waals surface area (Å²) in [6.45, 7) is 0. The summed E-state index contributed by atoms with van der Waals surface area (Å²) >= 11 is 0. The van der Waals surface area contributed by atoms with Gasteiger partial charge in [-0.3, -0.25) is 4.40 Å². The Balaban J connectivity index is 1.64. The summed E-state index contributed by atoms with van der Waals surface area (Å²) in [4.78, 5) is 8.50. The molecule has 2 aromatic heterocycles. The van der Waals surface area contributed by atoms with Gasteiger partial charge in [0.2, 0.25) is 5.95 Å². The van der Waals surface area contributed by atoms with Crippen molar-refractivity contribution >= 4 is 11.5 Å². The first-order valence-corrected chi connectivity index (χ1v) is 7.32. The third kappa shape index (κ3) is 2.54. The van der Waals surface area contributed by atoms with E-state index in [4.69, 9.17) is 10.5 Å². The fraction of sp³-hybridized carbons (Fsp3) is 0. The fourth-order valence-electron chi connectivity index (χ4n) is 2.49. The number of rotatable bonds is 3. The molecule has 0 bridgehead atoms. The summed E-state index contributed by atoms with van der Waals surface area (Å²) in [5, 5.41) is 0. The number of fused-ring (bicyclic) bond motifs is 1. The molecular weight excluding hydrogens is 307 g/mol. The second kappa shape index (κ2) is 5.66.